The van der Waals surface area contributed by atoms with E-state index in [1.807, 2.05) is 0 Å². The Morgan fingerprint density at radius 3 is 2.73 bits per heavy atom. The molecule has 7 heteroatoms. The third-order valence-corrected chi connectivity index (χ3v) is 2.81. The minimum Gasteiger partial charge on any atom is -0.369 e. The van der Waals surface area contributed by atoms with Gasteiger partial charge in [-0.1, -0.05) is 25.6 Å². The molecule has 15 heavy (non-hydrogen) atoms. The maximum Gasteiger partial charge on any atom is 0.230 e. The van der Waals surface area contributed by atoms with E-state index in [2.05, 4.69) is 29.4 Å². The molecule has 0 spiro atoms. The molecule has 1 unspecified atom stereocenters. The summed E-state index contributed by atoms with van der Waals surface area (Å²) in [5.74, 6) is 0.0934. The van der Waals surface area contributed by atoms with E-state index in [1.165, 1.54) is 11.8 Å². The van der Waals surface area contributed by atoms with Crippen LogP contribution in [-0.4, -0.2) is 31.4 Å². The number of thioether (sulfide) groups is 1. The molecule has 2 N–H and O–H groups in total. The summed E-state index contributed by atoms with van der Waals surface area (Å²) in [6.07, 6.45) is 0. The number of aromatic nitrogens is 4. The van der Waals surface area contributed by atoms with Crippen molar-refractivity contribution in [1.29, 1.82) is 0 Å². The standard InChI is InChI=1S/C8H15N5OS/c1-5(2)4-13-8(10-11-12-13)15-6(3)7(9)14/h5-6H,4H2,1-3H3,(H2,9,14). The van der Waals surface area contributed by atoms with Crippen molar-refractivity contribution in [3.8, 4) is 0 Å². The SMILES string of the molecule is CC(C)Cn1nnnc1SC(C)C(N)=O. The zero-order valence-corrected chi connectivity index (χ0v) is 9.86. The van der Waals surface area contributed by atoms with Gasteiger partial charge in [0.2, 0.25) is 11.1 Å². The lowest BCUT2D eigenvalue weighted by Crippen LogP contribution is -2.23. The second-order valence-electron chi connectivity index (χ2n) is 3.70. The number of hydrogen-bond acceptors (Lipinski definition) is 5. The number of hydrogen-bond donors (Lipinski definition) is 1. The number of carbonyl (C=O) groups excluding carboxylic acids is 1. The van der Waals surface area contributed by atoms with Gasteiger partial charge in [0.1, 0.15) is 0 Å². The summed E-state index contributed by atoms with van der Waals surface area (Å²) in [6.45, 7) is 6.63. The summed E-state index contributed by atoms with van der Waals surface area (Å²) < 4.78 is 1.69. The van der Waals surface area contributed by atoms with E-state index >= 15 is 0 Å². The first-order valence-electron chi connectivity index (χ1n) is 4.73. The molecule has 0 aliphatic heterocycles. The van der Waals surface area contributed by atoms with E-state index in [0.717, 1.165) is 6.54 Å². The van der Waals surface area contributed by atoms with Crippen molar-refractivity contribution in [2.75, 3.05) is 0 Å². The normalized spacial score (nSPS) is 13.1. The van der Waals surface area contributed by atoms with Crippen LogP contribution in [0.15, 0.2) is 5.16 Å². The van der Waals surface area contributed by atoms with Gasteiger partial charge in [0, 0.05) is 6.54 Å². The van der Waals surface area contributed by atoms with Crippen molar-refractivity contribution in [2.45, 2.75) is 37.7 Å². The third-order valence-electron chi connectivity index (χ3n) is 1.72. The van der Waals surface area contributed by atoms with Crippen molar-refractivity contribution < 1.29 is 4.79 Å². The van der Waals surface area contributed by atoms with Gasteiger partial charge >= 0.3 is 0 Å². The Bertz CT molecular complexity index is 338. The van der Waals surface area contributed by atoms with Crippen LogP contribution in [0, 0.1) is 5.92 Å². The molecular weight excluding hydrogens is 214 g/mol. The average molecular weight is 229 g/mol. The maximum atomic E-state index is 10.9. The van der Waals surface area contributed by atoms with Gasteiger partial charge in [0.25, 0.3) is 0 Å². The topological polar surface area (TPSA) is 86.7 Å². The zero-order chi connectivity index (χ0) is 11.4. The second-order valence-corrected chi connectivity index (χ2v) is 5.01. The Kier molecular flexibility index (Phi) is 4.07. The van der Waals surface area contributed by atoms with Gasteiger partial charge in [-0.15, -0.1) is 5.10 Å². The Morgan fingerprint density at radius 2 is 2.20 bits per heavy atom. The van der Waals surface area contributed by atoms with Crippen LogP contribution in [0.2, 0.25) is 0 Å². The maximum absolute atomic E-state index is 10.9. The van der Waals surface area contributed by atoms with E-state index in [0.29, 0.717) is 11.1 Å². The first-order chi connectivity index (χ1) is 7.00. The third kappa shape index (κ3) is 3.50. The van der Waals surface area contributed by atoms with Crippen LogP contribution in [0.1, 0.15) is 20.8 Å². The van der Waals surface area contributed by atoms with Crippen LogP contribution in [0.3, 0.4) is 0 Å². The summed E-state index contributed by atoms with van der Waals surface area (Å²) >= 11 is 1.28. The number of amides is 1. The summed E-state index contributed by atoms with van der Waals surface area (Å²) in [4.78, 5) is 10.9. The lowest BCUT2D eigenvalue weighted by molar-refractivity contribution is -0.117. The summed E-state index contributed by atoms with van der Waals surface area (Å²) in [7, 11) is 0. The number of primary amides is 1. The number of carbonyl (C=O) groups is 1. The molecule has 0 radical (unpaired) electrons. The molecule has 0 bridgehead atoms. The first kappa shape index (κ1) is 12.0. The van der Waals surface area contributed by atoms with Crippen LogP contribution < -0.4 is 5.73 Å². The molecule has 1 rings (SSSR count). The molecule has 0 aliphatic carbocycles. The van der Waals surface area contributed by atoms with Gasteiger partial charge in [-0.25, -0.2) is 4.68 Å². The van der Waals surface area contributed by atoms with Crippen molar-refractivity contribution in [3.05, 3.63) is 0 Å². The molecule has 0 aliphatic rings. The average Bonchev–Trinajstić information content (AvgIpc) is 2.51. The Labute approximate surface area is 92.6 Å². The number of rotatable bonds is 5. The summed E-state index contributed by atoms with van der Waals surface area (Å²) in [6, 6.07) is 0. The first-order valence-corrected chi connectivity index (χ1v) is 5.60. The fourth-order valence-electron chi connectivity index (χ4n) is 0.958. The van der Waals surface area contributed by atoms with Crippen LogP contribution in [0.25, 0.3) is 0 Å². The highest BCUT2D eigenvalue weighted by atomic mass is 32.2. The fourth-order valence-corrected chi connectivity index (χ4v) is 1.71. The molecule has 84 valence electrons. The van der Waals surface area contributed by atoms with Gasteiger partial charge < -0.3 is 5.73 Å². The molecule has 0 saturated heterocycles. The Balaban J connectivity index is 2.68. The molecule has 6 nitrogen and oxygen atoms in total. The summed E-state index contributed by atoms with van der Waals surface area (Å²) in [5, 5.41) is 11.6. The lowest BCUT2D eigenvalue weighted by atomic mass is 10.2. The minimum atomic E-state index is -0.362. The van der Waals surface area contributed by atoms with E-state index in [-0.39, 0.29) is 11.2 Å². The smallest absolute Gasteiger partial charge is 0.230 e. The number of nitrogens with two attached hydrogens (primary N) is 1. The van der Waals surface area contributed by atoms with Crippen LogP contribution in [-0.2, 0) is 11.3 Å². The van der Waals surface area contributed by atoms with Crippen LogP contribution >= 0.6 is 11.8 Å². The van der Waals surface area contributed by atoms with Crippen LogP contribution in [0.5, 0.6) is 0 Å². The monoisotopic (exact) mass is 229 g/mol. The van der Waals surface area contributed by atoms with Gasteiger partial charge in [0.05, 0.1) is 5.25 Å². The summed E-state index contributed by atoms with van der Waals surface area (Å²) in [5.41, 5.74) is 5.17. The van der Waals surface area contributed by atoms with Gasteiger partial charge in [-0.05, 0) is 23.3 Å². The van der Waals surface area contributed by atoms with E-state index in [1.54, 1.807) is 11.6 Å². The second kappa shape index (κ2) is 5.11. The predicted octanol–water partition coefficient (Wildman–Crippen LogP) is 0.295. The quantitative estimate of drug-likeness (QED) is 0.733. The number of nitrogens with zero attached hydrogens (tertiary/aromatic N) is 4. The Morgan fingerprint density at radius 1 is 1.53 bits per heavy atom. The van der Waals surface area contributed by atoms with Gasteiger partial charge in [-0.2, -0.15) is 0 Å². The van der Waals surface area contributed by atoms with Gasteiger partial charge in [-0.3, -0.25) is 4.79 Å². The highest BCUT2D eigenvalue weighted by Gasteiger charge is 2.16. The highest BCUT2D eigenvalue weighted by molar-refractivity contribution is 8.00. The van der Waals surface area contributed by atoms with E-state index in [9.17, 15) is 4.79 Å². The number of tetrazole rings is 1. The minimum absolute atomic E-state index is 0.318. The highest BCUT2D eigenvalue weighted by Crippen LogP contribution is 2.20. The lowest BCUT2D eigenvalue weighted by Gasteiger charge is -2.08. The molecule has 1 aromatic rings. The van der Waals surface area contributed by atoms with Crippen molar-refractivity contribution in [1.82, 2.24) is 20.2 Å². The zero-order valence-electron chi connectivity index (χ0n) is 9.04. The van der Waals surface area contributed by atoms with Gasteiger partial charge in [0.15, 0.2) is 0 Å². The van der Waals surface area contributed by atoms with Crippen LogP contribution in [0.4, 0.5) is 0 Å². The molecule has 1 atom stereocenters. The van der Waals surface area contributed by atoms with Crippen molar-refractivity contribution in [2.24, 2.45) is 11.7 Å². The molecule has 1 amide bonds. The molecule has 1 aromatic heterocycles. The largest absolute Gasteiger partial charge is 0.369 e. The van der Waals surface area contributed by atoms with E-state index < -0.39 is 0 Å². The van der Waals surface area contributed by atoms with Crippen molar-refractivity contribution in [3.63, 3.8) is 0 Å². The molecule has 0 aromatic carbocycles. The molecule has 0 saturated carbocycles. The molecule has 1 heterocycles. The Hall–Kier alpha value is -1.11. The molecular formula is C8H15N5OS. The predicted molar refractivity (Wildman–Crippen MR) is 57.2 cm³/mol. The fraction of sp³-hybridized carbons (Fsp3) is 0.750. The van der Waals surface area contributed by atoms with Crippen molar-refractivity contribution >= 4 is 17.7 Å². The molecule has 0 fully saturated rings. The van der Waals surface area contributed by atoms with E-state index in [4.69, 9.17) is 5.73 Å².